The standard InChI is InChI=1S/C16H24FNOS/c1-2-3-12(6-8-19)11-18-15-7-9-20-16-5-4-13(17)10-14(15)16/h4-5,10,12,15,18-19H,2-3,6-9,11H2,1H3. The molecule has 1 aromatic rings. The molecule has 2 rings (SSSR count). The molecule has 2 unspecified atom stereocenters. The highest BCUT2D eigenvalue weighted by Gasteiger charge is 2.21. The van der Waals surface area contributed by atoms with Crippen LogP contribution >= 0.6 is 11.8 Å². The summed E-state index contributed by atoms with van der Waals surface area (Å²) in [5.41, 5.74) is 1.10. The molecule has 0 bridgehead atoms. The highest BCUT2D eigenvalue weighted by atomic mass is 32.2. The van der Waals surface area contributed by atoms with Gasteiger partial charge in [0.2, 0.25) is 0 Å². The Morgan fingerprint density at radius 1 is 1.45 bits per heavy atom. The molecule has 4 heteroatoms. The Morgan fingerprint density at radius 3 is 3.05 bits per heavy atom. The summed E-state index contributed by atoms with van der Waals surface area (Å²) in [6.45, 7) is 3.32. The Kier molecular flexibility index (Phi) is 6.33. The van der Waals surface area contributed by atoms with Crippen molar-refractivity contribution in [3.63, 3.8) is 0 Å². The van der Waals surface area contributed by atoms with Gasteiger partial charge in [0.1, 0.15) is 5.82 Å². The smallest absolute Gasteiger partial charge is 0.123 e. The van der Waals surface area contributed by atoms with E-state index in [2.05, 4.69) is 12.2 Å². The van der Waals surface area contributed by atoms with Crippen LogP contribution in [0.3, 0.4) is 0 Å². The van der Waals surface area contributed by atoms with E-state index in [-0.39, 0.29) is 18.5 Å². The molecule has 0 fully saturated rings. The Bertz CT molecular complexity index is 421. The maximum atomic E-state index is 13.4. The van der Waals surface area contributed by atoms with Crippen LogP contribution in [0.2, 0.25) is 0 Å². The second kappa shape index (κ2) is 8.01. The average molecular weight is 297 g/mol. The first-order valence-corrected chi connectivity index (χ1v) is 8.49. The summed E-state index contributed by atoms with van der Waals surface area (Å²) in [5, 5.41) is 12.7. The average Bonchev–Trinajstić information content (AvgIpc) is 2.45. The number of rotatable bonds is 7. The lowest BCUT2D eigenvalue weighted by atomic mass is 9.98. The van der Waals surface area contributed by atoms with Gasteiger partial charge in [0.25, 0.3) is 0 Å². The lowest BCUT2D eigenvalue weighted by molar-refractivity contribution is 0.244. The van der Waals surface area contributed by atoms with Gasteiger partial charge in [-0.2, -0.15) is 0 Å². The molecule has 1 heterocycles. The summed E-state index contributed by atoms with van der Waals surface area (Å²) in [7, 11) is 0. The Labute approximate surface area is 125 Å². The molecule has 0 amide bonds. The SMILES string of the molecule is CCCC(CCO)CNC1CCSc2ccc(F)cc21. The van der Waals surface area contributed by atoms with Gasteiger partial charge in [0, 0.05) is 17.5 Å². The van der Waals surface area contributed by atoms with Crippen LogP contribution in [0, 0.1) is 11.7 Å². The molecule has 1 aliphatic rings. The highest BCUT2D eigenvalue weighted by Crippen LogP contribution is 2.36. The maximum Gasteiger partial charge on any atom is 0.123 e. The molecule has 0 saturated heterocycles. The van der Waals surface area contributed by atoms with Gasteiger partial charge in [0.15, 0.2) is 0 Å². The fourth-order valence-electron chi connectivity index (χ4n) is 2.83. The van der Waals surface area contributed by atoms with E-state index in [1.807, 2.05) is 17.8 Å². The zero-order valence-corrected chi connectivity index (χ0v) is 12.9. The summed E-state index contributed by atoms with van der Waals surface area (Å²) in [6, 6.07) is 5.35. The first kappa shape index (κ1) is 15.8. The Hall–Kier alpha value is -0.580. The highest BCUT2D eigenvalue weighted by molar-refractivity contribution is 7.99. The van der Waals surface area contributed by atoms with Crippen LogP contribution < -0.4 is 5.32 Å². The van der Waals surface area contributed by atoms with Gasteiger partial charge in [-0.25, -0.2) is 4.39 Å². The maximum absolute atomic E-state index is 13.4. The van der Waals surface area contributed by atoms with E-state index in [0.717, 1.165) is 43.5 Å². The number of benzene rings is 1. The van der Waals surface area contributed by atoms with Crippen LogP contribution in [0.5, 0.6) is 0 Å². The minimum atomic E-state index is -0.154. The van der Waals surface area contributed by atoms with Crippen LogP contribution in [-0.2, 0) is 0 Å². The van der Waals surface area contributed by atoms with Crippen LogP contribution in [0.25, 0.3) is 0 Å². The first-order valence-electron chi connectivity index (χ1n) is 7.51. The van der Waals surface area contributed by atoms with Crippen LogP contribution in [0.4, 0.5) is 4.39 Å². The minimum absolute atomic E-state index is 0.154. The summed E-state index contributed by atoms with van der Waals surface area (Å²) in [5.74, 6) is 1.43. The molecule has 1 aliphatic heterocycles. The molecular formula is C16H24FNOS. The lowest BCUT2D eigenvalue weighted by Gasteiger charge is -2.28. The molecule has 0 saturated carbocycles. The van der Waals surface area contributed by atoms with E-state index in [1.165, 1.54) is 4.90 Å². The molecule has 2 N–H and O–H groups in total. The number of halogens is 1. The molecule has 0 aliphatic carbocycles. The zero-order chi connectivity index (χ0) is 14.4. The zero-order valence-electron chi connectivity index (χ0n) is 12.1. The van der Waals surface area contributed by atoms with Gasteiger partial charge in [-0.3, -0.25) is 0 Å². The third-order valence-electron chi connectivity index (χ3n) is 3.90. The van der Waals surface area contributed by atoms with E-state index in [9.17, 15) is 4.39 Å². The number of fused-ring (bicyclic) bond motifs is 1. The number of aliphatic hydroxyl groups is 1. The number of thioether (sulfide) groups is 1. The van der Waals surface area contributed by atoms with E-state index in [0.29, 0.717) is 5.92 Å². The number of nitrogens with one attached hydrogen (secondary N) is 1. The molecule has 0 aromatic heterocycles. The minimum Gasteiger partial charge on any atom is -0.396 e. The summed E-state index contributed by atoms with van der Waals surface area (Å²) < 4.78 is 13.4. The van der Waals surface area contributed by atoms with Crippen LogP contribution in [0.1, 0.15) is 44.2 Å². The van der Waals surface area contributed by atoms with Crippen molar-refractivity contribution in [3.8, 4) is 0 Å². The van der Waals surface area contributed by atoms with Gasteiger partial charge in [0.05, 0.1) is 0 Å². The largest absolute Gasteiger partial charge is 0.396 e. The van der Waals surface area contributed by atoms with Gasteiger partial charge in [-0.1, -0.05) is 13.3 Å². The Morgan fingerprint density at radius 2 is 2.30 bits per heavy atom. The number of aliphatic hydroxyl groups excluding tert-OH is 1. The third kappa shape index (κ3) is 4.21. The van der Waals surface area contributed by atoms with Crippen molar-refractivity contribution in [2.45, 2.75) is 43.5 Å². The van der Waals surface area contributed by atoms with Crippen molar-refractivity contribution in [1.29, 1.82) is 0 Å². The topological polar surface area (TPSA) is 32.3 Å². The van der Waals surface area contributed by atoms with E-state index < -0.39 is 0 Å². The van der Waals surface area contributed by atoms with Crippen LogP contribution in [0.15, 0.2) is 23.1 Å². The lowest BCUT2D eigenvalue weighted by Crippen LogP contribution is -2.30. The molecule has 1 aromatic carbocycles. The van der Waals surface area contributed by atoms with Crippen molar-refractivity contribution < 1.29 is 9.50 Å². The fourth-order valence-corrected chi connectivity index (χ4v) is 3.93. The van der Waals surface area contributed by atoms with E-state index in [4.69, 9.17) is 5.11 Å². The van der Waals surface area contributed by atoms with Crippen molar-refractivity contribution >= 4 is 11.8 Å². The van der Waals surface area contributed by atoms with Crippen molar-refractivity contribution in [1.82, 2.24) is 5.32 Å². The normalized spacial score (nSPS) is 19.6. The second-order valence-corrected chi connectivity index (χ2v) is 6.58. The Balaban J connectivity index is 1.98. The van der Waals surface area contributed by atoms with Crippen molar-refractivity contribution in [3.05, 3.63) is 29.6 Å². The monoisotopic (exact) mass is 297 g/mol. The second-order valence-electron chi connectivity index (χ2n) is 5.45. The fraction of sp³-hybridized carbons (Fsp3) is 0.625. The van der Waals surface area contributed by atoms with E-state index in [1.54, 1.807) is 12.1 Å². The number of hydrogen-bond acceptors (Lipinski definition) is 3. The quantitative estimate of drug-likeness (QED) is 0.804. The number of hydrogen-bond donors (Lipinski definition) is 2. The molecule has 0 radical (unpaired) electrons. The van der Waals surface area contributed by atoms with Crippen molar-refractivity contribution in [2.75, 3.05) is 18.9 Å². The van der Waals surface area contributed by atoms with Gasteiger partial charge in [-0.15, -0.1) is 11.8 Å². The molecule has 20 heavy (non-hydrogen) atoms. The predicted molar refractivity (Wildman–Crippen MR) is 82.6 cm³/mol. The first-order chi connectivity index (χ1) is 9.74. The molecule has 112 valence electrons. The molecular weight excluding hydrogens is 273 g/mol. The third-order valence-corrected chi connectivity index (χ3v) is 5.02. The van der Waals surface area contributed by atoms with Gasteiger partial charge >= 0.3 is 0 Å². The van der Waals surface area contributed by atoms with Gasteiger partial charge in [-0.05, 0) is 61.2 Å². The summed E-state index contributed by atoms with van der Waals surface area (Å²) in [6.07, 6.45) is 4.15. The molecule has 2 nitrogen and oxygen atoms in total. The van der Waals surface area contributed by atoms with Gasteiger partial charge < -0.3 is 10.4 Å². The molecule has 2 atom stereocenters. The van der Waals surface area contributed by atoms with Crippen molar-refractivity contribution in [2.24, 2.45) is 5.92 Å². The summed E-state index contributed by atoms with van der Waals surface area (Å²) >= 11 is 1.81. The predicted octanol–water partition coefficient (Wildman–Crippen LogP) is 3.75. The van der Waals surface area contributed by atoms with E-state index >= 15 is 0 Å². The summed E-state index contributed by atoms with van der Waals surface area (Å²) in [4.78, 5) is 1.20. The van der Waals surface area contributed by atoms with Crippen LogP contribution in [-0.4, -0.2) is 24.0 Å². The molecule has 0 spiro atoms.